The van der Waals surface area contributed by atoms with Crippen LogP contribution in [0.5, 0.6) is 5.75 Å². The van der Waals surface area contributed by atoms with Gasteiger partial charge in [0.2, 0.25) is 0 Å². The van der Waals surface area contributed by atoms with Crippen molar-refractivity contribution in [3.05, 3.63) is 41.2 Å². The Morgan fingerprint density at radius 3 is 2.68 bits per heavy atom. The van der Waals surface area contributed by atoms with E-state index in [0.717, 1.165) is 18.6 Å². The van der Waals surface area contributed by atoms with Crippen LogP contribution in [-0.2, 0) is 0 Å². The van der Waals surface area contributed by atoms with Gasteiger partial charge in [-0.05, 0) is 37.1 Å². The molecule has 0 aliphatic carbocycles. The van der Waals surface area contributed by atoms with Crippen LogP contribution in [0.25, 0.3) is 0 Å². The number of aromatic amines is 1. The molecule has 2 heterocycles. The number of benzene rings is 1. The third-order valence-electron chi connectivity index (χ3n) is 4.14. The smallest absolute Gasteiger partial charge is 0.276 e. The van der Waals surface area contributed by atoms with Gasteiger partial charge in [-0.1, -0.05) is 6.07 Å². The third-order valence-corrected chi connectivity index (χ3v) is 4.14. The summed E-state index contributed by atoms with van der Waals surface area (Å²) in [7, 11) is 0. The average Bonchev–Trinajstić information content (AvgIpc) is 3.05. The predicted molar refractivity (Wildman–Crippen MR) is 81.9 cm³/mol. The highest BCUT2D eigenvalue weighted by Gasteiger charge is 2.25. The summed E-state index contributed by atoms with van der Waals surface area (Å²) in [4.78, 5) is 14.0. The van der Waals surface area contributed by atoms with Crippen molar-refractivity contribution in [2.75, 3.05) is 13.1 Å². The van der Waals surface area contributed by atoms with Gasteiger partial charge in [-0.3, -0.25) is 4.79 Å². The molecular weight excluding hydrogens is 280 g/mol. The van der Waals surface area contributed by atoms with Crippen molar-refractivity contribution in [1.29, 1.82) is 0 Å². The minimum Gasteiger partial charge on any atom is -0.490 e. The number of carbonyl (C=O) groups excluding carboxylic acids is 1. The van der Waals surface area contributed by atoms with Gasteiger partial charge in [0.05, 0.1) is 6.20 Å². The van der Waals surface area contributed by atoms with E-state index < -0.39 is 0 Å². The number of likely N-dealkylation sites (tertiary alicyclic amines) is 1. The lowest BCUT2D eigenvalue weighted by atomic mass is 10.1. The maximum Gasteiger partial charge on any atom is 0.276 e. The Labute approximate surface area is 129 Å². The summed E-state index contributed by atoms with van der Waals surface area (Å²) in [5, 5.41) is 9.98. The van der Waals surface area contributed by atoms with E-state index in [1.54, 1.807) is 4.90 Å². The lowest BCUT2D eigenvalue weighted by Crippen LogP contribution is -2.41. The largest absolute Gasteiger partial charge is 0.490 e. The first-order chi connectivity index (χ1) is 10.6. The zero-order valence-corrected chi connectivity index (χ0v) is 12.9. The minimum absolute atomic E-state index is 0.0709. The summed E-state index contributed by atoms with van der Waals surface area (Å²) in [5.41, 5.74) is 2.87. The molecule has 0 unspecified atom stereocenters. The summed E-state index contributed by atoms with van der Waals surface area (Å²) in [5.74, 6) is 0.836. The first-order valence-electron chi connectivity index (χ1n) is 7.52. The summed E-state index contributed by atoms with van der Waals surface area (Å²) in [6.07, 6.45) is 3.27. The van der Waals surface area contributed by atoms with Gasteiger partial charge in [0.15, 0.2) is 5.69 Å². The fourth-order valence-electron chi connectivity index (χ4n) is 2.62. The zero-order chi connectivity index (χ0) is 15.5. The lowest BCUT2D eigenvalue weighted by Gasteiger charge is -2.31. The van der Waals surface area contributed by atoms with Crippen molar-refractivity contribution in [1.82, 2.24) is 20.3 Å². The normalized spacial score (nSPS) is 15.8. The summed E-state index contributed by atoms with van der Waals surface area (Å²) >= 11 is 0. The van der Waals surface area contributed by atoms with Gasteiger partial charge in [-0.2, -0.15) is 15.4 Å². The molecule has 6 heteroatoms. The van der Waals surface area contributed by atoms with E-state index in [0.29, 0.717) is 18.8 Å². The van der Waals surface area contributed by atoms with Gasteiger partial charge in [0.1, 0.15) is 11.9 Å². The molecule has 1 aromatic carbocycles. The zero-order valence-electron chi connectivity index (χ0n) is 12.9. The average molecular weight is 300 g/mol. The molecule has 0 bridgehead atoms. The standard InChI is InChI=1S/C16H20N4O2/c1-11-3-4-14(9-12(11)2)22-13-5-7-20(8-6-13)16(21)15-10-17-19-18-15/h3-4,9-10,13H,5-8H2,1-2H3,(H,17,18,19). The van der Waals surface area contributed by atoms with Crippen molar-refractivity contribution in [3.63, 3.8) is 0 Å². The number of piperidine rings is 1. The van der Waals surface area contributed by atoms with E-state index in [4.69, 9.17) is 4.74 Å². The van der Waals surface area contributed by atoms with Crippen LogP contribution in [0.2, 0.25) is 0 Å². The maximum atomic E-state index is 12.2. The number of aryl methyl sites for hydroxylation is 2. The number of aromatic nitrogens is 3. The monoisotopic (exact) mass is 300 g/mol. The van der Waals surface area contributed by atoms with Gasteiger partial charge in [0.25, 0.3) is 5.91 Å². The first-order valence-corrected chi connectivity index (χ1v) is 7.52. The Morgan fingerprint density at radius 1 is 1.27 bits per heavy atom. The van der Waals surface area contributed by atoms with Crippen molar-refractivity contribution >= 4 is 5.91 Å². The molecule has 116 valence electrons. The lowest BCUT2D eigenvalue weighted by molar-refractivity contribution is 0.0590. The van der Waals surface area contributed by atoms with E-state index in [-0.39, 0.29) is 12.0 Å². The molecular formula is C16H20N4O2. The minimum atomic E-state index is -0.0709. The molecule has 1 aliphatic rings. The fourth-order valence-corrected chi connectivity index (χ4v) is 2.62. The van der Waals surface area contributed by atoms with Gasteiger partial charge in [-0.25, -0.2) is 0 Å². The van der Waals surface area contributed by atoms with Crippen molar-refractivity contribution < 1.29 is 9.53 Å². The predicted octanol–water partition coefficient (Wildman–Crippen LogP) is 2.11. The van der Waals surface area contributed by atoms with Gasteiger partial charge < -0.3 is 9.64 Å². The molecule has 1 aromatic heterocycles. The number of rotatable bonds is 3. The number of hydrogen-bond donors (Lipinski definition) is 1. The molecule has 1 amide bonds. The second-order valence-corrected chi connectivity index (χ2v) is 5.71. The third kappa shape index (κ3) is 3.10. The summed E-state index contributed by atoms with van der Waals surface area (Å²) in [6, 6.07) is 6.16. The Morgan fingerprint density at radius 2 is 2.05 bits per heavy atom. The number of nitrogens with zero attached hydrogens (tertiary/aromatic N) is 3. The Hall–Kier alpha value is -2.37. The van der Waals surface area contributed by atoms with Gasteiger partial charge >= 0.3 is 0 Å². The van der Waals surface area contributed by atoms with Crippen molar-refractivity contribution in [2.45, 2.75) is 32.8 Å². The van der Waals surface area contributed by atoms with Crippen LogP contribution in [0.15, 0.2) is 24.4 Å². The molecule has 0 atom stereocenters. The van der Waals surface area contributed by atoms with Crippen molar-refractivity contribution in [2.24, 2.45) is 0 Å². The second kappa shape index (κ2) is 6.17. The quantitative estimate of drug-likeness (QED) is 0.942. The highest BCUT2D eigenvalue weighted by atomic mass is 16.5. The van der Waals surface area contributed by atoms with E-state index in [9.17, 15) is 4.79 Å². The highest BCUT2D eigenvalue weighted by molar-refractivity contribution is 5.91. The SMILES string of the molecule is Cc1ccc(OC2CCN(C(=O)c3cn[nH]n3)CC2)cc1C. The van der Waals surface area contributed by atoms with Crippen molar-refractivity contribution in [3.8, 4) is 5.75 Å². The molecule has 0 saturated carbocycles. The van der Waals surface area contributed by atoms with E-state index in [1.807, 2.05) is 6.07 Å². The summed E-state index contributed by atoms with van der Waals surface area (Å²) in [6.45, 7) is 5.54. The maximum absolute atomic E-state index is 12.2. The van der Waals surface area contributed by atoms with E-state index in [1.165, 1.54) is 17.3 Å². The van der Waals surface area contributed by atoms with Crippen LogP contribution < -0.4 is 4.74 Å². The molecule has 2 aromatic rings. The second-order valence-electron chi connectivity index (χ2n) is 5.71. The van der Waals surface area contributed by atoms with Crippen LogP contribution >= 0.6 is 0 Å². The Bertz CT molecular complexity index is 646. The number of carbonyl (C=O) groups is 1. The number of nitrogens with one attached hydrogen (secondary N) is 1. The highest BCUT2D eigenvalue weighted by Crippen LogP contribution is 2.22. The molecule has 0 spiro atoms. The van der Waals surface area contributed by atoms with Crippen LogP contribution in [0, 0.1) is 13.8 Å². The van der Waals surface area contributed by atoms with Crippen LogP contribution in [0.3, 0.4) is 0 Å². The molecule has 3 rings (SSSR count). The molecule has 0 radical (unpaired) electrons. The summed E-state index contributed by atoms with van der Waals surface area (Å²) < 4.78 is 6.04. The van der Waals surface area contributed by atoms with E-state index >= 15 is 0 Å². The van der Waals surface area contributed by atoms with E-state index in [2.05, 4.69) is 41.4 Å². The first kappa shape index (κ1) is 14.6. The van der Waals surface area contributed by atoms with Gasteiger partial charge in [-0.15, -0.1) is 0 Å². The van der Waals surface area contributed by atoms with Crippen LogP contribution in [-0.4, -0.2) is 45.4 Å². The van der Waals surface area contributed by atoms with Crippen LogP contribution in [0.1, 0.15) is 34.5 Å². The molecule has 6 nitrogen and oxygen atoms in total. The number of amides is 1. The van der Waals surface area contributed by atoms with Crippen LogP contribution in [0.4, 0.5) is 0 Å². The fraction of sp³-hybridized carbons (Fsp3) is 0.438. The number of H-pyrrole nitrogens is 1. The topological polar surface area (TPSA) is 71.1 Å². The van der Waals surface area contributed by atoms with Gasteiger partial charge in [0, 0.05) is 25.9 Å². The molecule has 22 heavy (non-hydrogen) atoms. The molecule has 1 saturated heterocycles. The number of ether oxygens (including phenoxy) is 1. The molecule has 1 aliphatic heterocycles. The molecule has 1 N–H and O–H groups in total. The molecule has 1 fully saturated rings. The Kier molecular flexibility index (Phi) is 4.09. The number of hydrogen-bond acceptors (Lipinski definition) is 4. The Balaban J connectivity index is 1.55.